The van der Waals surface area contributed by atoms with Gasteiger partial charge in [0.1, 0.15) is 12.1 Å². The first kappa shape index (κ1) is 23.6. The summed E-state index contributed by atoms with van der Waals surface area (Å²) >= 11 is 0. The molecule has 0 aliphatic carbocycles. The van der Waals surface area contributed by atoms with Crippen molar-refractivity contribution >= 4 is 22.8 Å². The molecule has 2 aromatic carbocycles. The number of hydrogen-bond donors (Lipinski definition) is 1. The Balaban J connectivity index is 1.31. The highest BCUT2D eigenvalue weighted by atomic mass is 16.5. The molecule has 3 heterocycles. The lowest BCUT2D eigenvalue weighted by Gasteiger charge is -2.33. The van der Waals surface area contributed by atoms with E-state index in [-0.39, 0.29) is 11.8 Å². The number of methoxy groups -OCH3 is 2. The van der Waals surface area contributed by atoms with Gasteiger partial charge < -0.3 is 19.7 Å². The molecule has 0 bridgehead atoms. The van der Waals surface area contributed by atoms with E-state index in [1.165, 1.54) is 5.56 Å². The third-order valence-corrected chi connectivity index (χ3v) is 6.62. The van der Waals surface area contributed by atoms with Crippen LogP contribution in [0, 0.1) is 12.8 Å². The highest BCUT2D eigenvalue weighted by Crippen LogP contribution is 2.31. The number of piperidine rings is 1. The number of carbonyl (C=O) groups excluding carboxylic acids is 1. The zero-order valence-corrected chi connectivity index (χ0v) is 20.8. The third kappa shape index (κ3) is 4.68. The lowest BCUT2D eigenvalue weighted by atomic mass is 9.97. The van der Waals surface area contributed by atoms with Crippen molar-refractivity contribution < 1.29 is 14.3 Å². The summed E-state index contributed by atoms with van der Waals surface area (Å²) in [4.78, 5) is 24.3. The molecule has 4 aromatic rings. The number of aryl methyl sites for hydroxylation is 1. The second kappa shape index (κ2) is 10.2. The number of nitrogens with one attached hydrogen (secondary N) is 1. The molecule has 1 saturated heterocycles. The molecule has 1 N–H and O–H groups in total. The van der Waals surface area contributed by atoms with E-state index in [1.54, 1.807) is 20.5 Å². The van der Waals surface area contributed by atoms with E-state index in [0.29, 0.717) is 30.2 Å². The first-order valence-electron chi connectivity index (χ1n) is 12.1. The lowest BCUT2D eigenvalue weighted by Crippen LogP contribution is -2.43. The largest absolute Gasteiger partial charge is 0.493 e. The Bertz CT molecular complexity index is 1370. The van der Waals surface area contributed by atoms with Gasteiger partial charge >= 0.3 is 0 Å². The topological polar surface area (TPSA) is 94.4 Å². The zero-order chi connectivity index (χ0) is 25.1. The quantitative estimate of drug-likeness (QED) is 0.426. The molecule has 1 unspecified atom stereocenters. The minimum Gasteiger partial charge on any atom is -0.493 e. The summed E-state index contributed by atoms with van der Waals surface area (Å²) in [5, 5.41) is 8.61. The second-order valence-electron chi connectivity index (χ2n) is 9.00. The van der Waals surface area contributed by atoms with Gasteiger partial charge in [0.05, 0.1) is 31.2 Å². The lowest BCUT2D eigenvalue weighted by molar-refractivity contribution is -0.125. The Labute approximate surface area is 210 Å². The van der Waals surface area contributed by atoms with E-state index in [9.17, 15) is 4.79 Å². The van der Waals surface area contributed by atoms with Gasteiger partial charge in [0.2, 0.25) is 5.91 Å². The van der Waals surface area contributed by atoms with Crippen LogP contribution in [-0.4, -0.2) is 53.0 Å². The standard InChI is InChI=1S/C27H30N6O3/c1-18-9-11-21(12-10-18)33-16-22-25(31-33)29-17-30-26(22)32-13-5-7-20(15-32)27(34)28-14-19-6-4-8-23(35-2)24(19)36-3/h4,6,8-12,16-17,20H,5,7,13-15H2,1-3H3,(H,28,34). The van der Waals surface area contributed by atoms with E-state index >= 15 is 0 Å². The molecule has 0 radical (unpaired) electrons. The van der Waals surface area contributed by atoms with Crippen LogP contribution in [0.4, 0.5) is 5.82 Å². The van der Waals surface area contributed by atoms with E-state index in [1.807, 2.05) is 41.2 Å². The Hall–Kier alpha value is -4.14. The molecule has 1 atom stereocenters. The number of ether oxygens (including phenoxy) is 2. The number of nitrogens with zero attached hydrogens (tertiary/aromatic N) is 5. The monoisotopic (exact) mass is 486 g/mol. The van der Waals surface area contributed by atoms with Crippen LogP contribution >= 0.6 is 0 Å². The predicted molar refractivity (Wildman–Crippen MR) is 138 cm³/mol. The summed E-state index contributed by atoms with van der Waals surface area (Å²) in [5.74, 6) is 1.97. The Morgan fingerprint density at radius 3 is 2.72 bits per heavy atom. The molecule has 1 aliphatic rings. The molecule has 2 aromatic heterocycles. The highest BCUT2D eigenvalue weighted by Gasteiger charge is 2.28. The number of aromatic nitrogens is 4. The number of anilines is 1. The van der Waals surface area contributed by atoms with Crippen LogP contribution in [0.15, 0.2) is 55.0 Å². The van der Waals surface area contributed by atoms with E-state index in [2.05, 4.69) is 44.3 Å². The van der Waals surface area contributed by atoms with Gasteiger partial charge in [0.25, 0.3) is 0 Å². The van der Waals surface area contributed by atoms with Crippen molar-refractivity contribution in [3.63, 3.8) is 0 Å². The van der Waals surface area contributed by atoms with Crippen LogP contribution in [0.2, 0.25) is 0 Å². The highest BCUT2D eigenvalue weighted by molar-refractivity contribution is 5.87. The maximum atomic E-state index is 13.1. The van der Waals surface area contributed by atoms with Crippen molar-refractivity contribution in [1.29, 1.82) is 0 Å². The number of hydrogen-bond acceptors (Lipinski definition) is 7. The first-order valence-corrected chi connectivity index (χ1v) is 12.1. The molecule has 1 fully saturated rings. The van der Waals surface area contributed by atoms with Crippen LogP contribution in [-0.2, 0) is 11.3 Å². The maximum Gasteiger partial charge on any atom is 0.225 e. The molecular weight excluding hydrogens is 456 g/mol. The molecule has 0 spiro atoms. The van der Waals surface area contributed by atoms with Crippen molar-refractivity contribution in [1.82, 2.24) is 25.1 Å². The van der Waals surface area contributed by atoms with Crippen LogP contribution in [0.3, 0.4) is 0 Å². The molecule has 0 saturated carbocycles. The molecule has 1 aliphatic heterocycles. The molecule has 9 nitrogen and oxygen atoms in total. The predicted octanol–water partition coefficient (Wildman–Crippen LogP) is 3.67. The van der Waals surface area contributed by atoms with Crippen molar-refractivity contribution in [2.24, 2.45) is 5.92 Å². The van der Waals surface area contributed by atoms with Gasteiger partial charge in [-0.05, 0) is 38.0 Å². The molecule has 5 rings (SSSR count). The second-order valence-corrected chi connectivity index (χ2v) is 9.00. The summed E-state index contributed by atoms with van der Waals surface area (Å²) < 4.78 is 12.7. The smallest absolute Gasteiger partial charge is 0.225 e. The average Bonchev–Trinajstić information content (AvgIpc) is 3.36. The van der Waals surface area contributed by atoms with Gasteiger partial charge in [-0.25, -0.2) is 14.6 Å². The fourth-order valence-corrected chi connectivity index (χ4v) is 4.71. The van der Waals surface area contributed by atoms with Gasteiger partial charge in [-0.2, -0.15) is 0 Å². The van der Waals surface area contributed by atoms with Crippen molar-refractivity contribution in [2.45, 2.75) is 26.3 Å². The van der Waals surface area contributed by atoms with Gasteiger partial charge in [-0.3, -0.25) is 4.79 Å². The van der Waals surface area contributed by atoms with Crippen LogP contribution in [0.25, 0.3) is 16.7 Å². The SMILES string of the molecule is COc1cccc(CNC(=O)C2CCCN(c3ncnc4nn(-c5ccc(C)cc5)cc34)C2)c1OC. The number of rotatable bonds is 7. The molecule has 186 valence electrons. The van der Waals surface area contributed by atoms with Gasteiger partial charge in [-0.1, -0.05) is 29.8 Å². The summed E-state index contributed by atoms with van der Waals surface area (Å²) in [7, 11) is 3.21. The number of carbonyl (C=O) groups is 1. The maximum absolute atomic E-state index is 13.1. The fourth-order valence-electron chi connectivity index (χ4n) is 4.71. The van der Waals surface area contributed by atoms with Crippen molar-refractivity contribution in [2.75, 3.05) is 32.2 Å². The summed E-state index contributed by atoms with van der Waals surface area (Å²) in [6.45, 7) is 3.85. The molecule has 1 amide bonds. The van der Waals surface area contributed by atoms with E-state index in [4.69, 9.17) is 9.47 Å². The molecular formula is C27H30N6O3. The minimum absolute atomic E-state index is 0.0187. The number of benzene rings is 2. The summed E-state index contributed by atoms with van der Waals surface area (Å²) in [6.07, 6.45) is 5.24. The van der Waals surface area contributed by atoms with Crippen LogP contribution in [0.5, 0.6) is 11.5 Å². The van der Waals surface area contributed by atoms with Crippen LogP contribution < -0.4 is 19.7 Å². The van der Waals surface area contributed by atoms with Gasteiger partial charge in [0.15, 0.2) is 17.1 Å². The number of para-hydroxylation sites is 1. The Morgan fingerprint density at radius 1 is 1.11 bits per heavy atom. The third-order valence-electron chi connectivity index (χ3n) is 6.62. The minimum atomic E-state index is -0.146. The summed E-state index contributed by atoms with van der Waals surface area (Å²) in [6, 6.07) is 13.8. The van der Waals surface area contributed by atoms with Crippen LogP contribution in [0.1, 0.15) is 24.0 Å². The van der Waals surface area contributed by atoms with Gasteiger partial charge in [-0.15, -0.1) is 5.10 Å². The molecule has 36 heavy (non-hydrogen) atoms. The normalized spacial score (nSPS) is 15.6. The van der Waals surface area contributed by atoms with Crippen molar-refractivity contribution in [3.05, 3.63) is 66.1 Å². The number of fused-ring (bicyclic) bond motifs is 1. The van der Waals surface area contributed by atoms with E-state index in [0.717, 1.165) is 41.8 Å². The Kier molecular flexibility index (Phi) is 6.71. The summed E-state index contributed by atoms with van der Waals surface area (Å²) in [5.41, 5.74) is 3.67. The average molecular weight is 487 g/mol. The zero-order valence-electron chi connectivity index (χ0n) is 20.8. The van der Waals surface area contributed by atoms with Crippen molar-refractivity contribution in [3.8, 4) is 17.2 Å². The van der Waals surface area contributed by atoms with Gasteiger partial charge in [0, 0.05) is 31.4 Å². The Morgan fingerprint density at radius 2 is 1.94 bits per heavy atom. The fraction of sp³-hybridized carbons (Fsp3) is 0.333. The number of amides is 1. The first-order chi connectivity index (χ1) is 17.6. The molecule has 9 heteroatoms. The van der Waals surface area contributed by atoms with E-state index < -0.39 is 0 Å².